The summed E-state index contributed by atoms with van der Waals surface area (Å²) in [7, 11) is 1.62. The van der Waals surface area contributed by atoms with E-state index in [0.29, 0.717) is 21.5 Å². The van der Waals surface area contributed by atoms with Crippen LogP contribution in [-0.2, 0) is 0 Å². The summed E-state index contributed by atoms with van der Waals surface area (Å²) in [5.41, 5.74) is 0.882. The molecule has 0 aliphatic rings. The zero-order valence-electron chi connectivity index (χ0n) is 14.5. The molecule has 3 rings (SSSR count). The van der Waals surface area contributed by atoms with Crippen molar-refractivity contribution < 1.29 is 9.18 Å². The van der Waals surface area contributed by atoms with Crippen LogP contribution >= 0.6 is 23.2 Å². The number of hydrogen-bond acceptors (Lipinski definition) is 2. The first kappa shape index (κ1) is 19.2. The predicted molar refractivity (Wildman–Crippen MR) is 106 cm³/mol. The van der Waals surface area contributed by atoms with E-state index in [2.05, 4.69) is 10.3 Å². The Hall–Kier alpha value is -2.57. The second-order valence-corrected chi connectivity index (χ2v) is 6.95. The van der Waals surface area contributed by atoms with Crippen LogP contribution in [0.25, 0.3) is 10.8 Å². The number of fused-ring (bicyclic) bond motifs is 1. The van der Waals surface area contributed by atoms with Gasteiger partial charge in [-0.1, -0.05) is 23.2 Å². The minimum absolute atomic E-state index is 0.0789. The third-order valence-corrected chi connectivity index (χ3v) is 4.94. The minimum Gasteiger partial charge on any atom is -0.328 e. The van der Waals surface area contributed by atoms with Gasteiger partial charge in [-0.2, -0.15) is 0 Å². The Morgan fingerprint density at radius 2 is 1.93 bits per heavy atom. The monoisotopic (exact) mass is 407 g/mol. The molecule has 2 aromatic carbocycles. The number of aromatic nitrogens is 1. The highest BCUT2D eigenvalue weighted by atomic mass is 35.5. The summed E-state index contributed by atoms with van der Waals surface area (Å²) in [6.07, 6.45) is 1.57. The van der Waals surface area contributed by atoms with Crippen molar-refractivity contribution in [3.8, 4) is 0 Å². The minimum atomic E-state index is -0.562. The topological polar surface area (TPSA) is 65.2 Å². The van der Waals surface area contributed by atoms with Gasteiger partial charge < -0.3 is 15.2 Å². The molecule has 0 saturated carbocycles. The Kier molecular flexibility index (Phi) is 5.39. The molecule has 140 valence electrons. The molecular formula is C19H16Cl2FN3O2. The van der Waals surface area contributed by atoms with Gasteiger partial charge in [0, 0.05) is 29.3 Å². The van der Waals surface area contributed by atoms with Crippen LogP contribution in [0.1, 0.15) is 18.5 Å². The van der Waals surface area contributed by atoms with Gasteiger partial charge in [-0.05, 0) is 54.3 Å². The van der Waals surface area contributed by atoms with Crippen molar-refractivity contribution in [1.82, 2.24) is 9.88 Å². The first-order valence-corrected chi connectivity index (χ1v) is 8.83. The van der Waals surface area contributed by atoms with Crippen LogP contribution in [-0.4, -0.2) is 23.0 Å². The first-order valence-electron chi connectivity index (χ1n) is 8.07. The molecule has 0 radical (unpaired) electrons. The fraction of sp³-hybridized carbons (Fsp3) is 0.158. The van der Waals surface area contributed by atoms with Crippen molar-refractivity contribution >= 4 is 45.7 Å². The van der Waals surface area contributed by atoms with Crippen LogP contribution < -0.4 is 10.9 Å². The van der Waals surface area contributed by atoms with Crippen LogP contribution in [0.3, 0.4) is 0 Å². The number of halogens is 3. The quantitative estimate of drug-likeness (QED) is 0.626. The number of rotatable bonds is 3. The van der Waals surface area contributed by atoms with E-state index in [-0.39, 0.29) is 16.6 Å². The normalized spacial score (nSPS) is 12.0. The summed E-state index contributed by atoms with van der Waals surface area (Å²) in [5, 5.41) is 4.24. The summed E-state index contributed by atoms with van der Waals surface area (Å²) >= 11 is 11.8. The highest BCUT2D eigenvalue weighted by Gasteiger charge is 2.20. The van der Waals surface area contributed by atoms with Crippen molar-refractivity contribution in [1.29, 1.82) is 0 Å². The largest absolute Gasteiger partial charge is 0.328 e. The molecule has 0 aliphatic heterocycles. The Labute approximate surface area is 164 Å². The van der Waals surface area contributed by atoms with Crippen molar-refractivity contribution in [2.24, 2.45) is 0 Å². The van der Waals surface area contributed by atoms with Gasteiger partial charge in [0.2, 0.25) is 0 Å². The van der Waals surface area contributed by atoms with Crippen molar-refractivity contribution in [2.45, 2.75) is 13.0 Å². The summed E-state index contributed by atoms with van der Waals surface area (Å²) in [6, 6.07) is 8.14. The molecule has 1 heterocycles. The second-order valence-electron chi connectivity index (χ2n) is 6.11. The SMILES string of the molecule is CC(c1c[nH]c(=O)c2ccc(Cl)cc12)N(C)C(=O)Nc1ccc(F)c(Cl)c1. The molecule has 1 unspecified atom stereocenters. The molecule has 8 heteroatoms. The fourth-order valence-corrected chi connectivity index (χ4v) is 3.12. The molecule has 27 heavy (non-hydrogen) atoms. The maximum Gasteiger partial charge on any atom is 0.322 e. The van der Waals surface area contributed by atoms with Gasteiger partial charge in [0.1, 0.15) is 5.82 Å². The summed E-state index contributed by atoms with van der Waals surface area (Å²) in [5.74, 6) is -0.562. The number of nitrogens with one attached hydrogen (secondary N) is 2. The van der Waals surface area contributed by atoms with Crippen LogP contribution in [0.2, 0.25) is 10.0 Å². The van der Waals surface area contributed by atoms with Crippen LogP contribution in [0.15, 0.2) is 47.4 Å². The maximum atomic E-state index is 13.3. The Morgan fingerprint density at radius 1 is 1.19 bits per heavy atom. The highest BCUT2D eigenvalue weighted by Crippen LogP contribution is 2.28. The number of carbonyl (C=O) groups is 1. The van der Waals surface area contributed by atoms with E-state index in [4.69, 9.17) is 23.2 Å². The molecule has 5 nitrogen and oxygen atoms in total. The third kappa shape index (κ3) is 3.91. The summed E-state index contributed by atoms with van der Waals surface area (Å²) in [4.78, 5) is 28.8. The van der Waals surface area contributed by atoms with Crippen LogP contribution in [0, 0.1) is 5.82 Å². The van der Waals surface area contributed by atoms with Crippen molar-refractivity contribution in [2.75, 3.05) is 12.4 Å². The first-order chi connectivity index (χ1) is 12.8. The molecule has 2 N–H and O–H groups in total. The van der Waals surface area contributed by atoms with Crippen LogP contribution in [0.5, 0.6) is 0 Å². The van der Waals surface area contributed by atoms with E-state index in [1.807, 2.05) is 6.92 Å². The zero-order valence-corrected chi connectivity index (χ0v) is 16.0. The average Bonchev–Trinajstić information content (AvgIpc) is 2.63. The van der Waals surface area contributed by atoms with E-state index in [1.54, 1.807) is 31.4 Å². The molecule has 1 aromatic heterocycles. The van der Waals surface area contributed by atoms with E-state index in [1.165, 1.54) is 23.1 Å². The van der Waals surface area contributed by atoms with Gasteiger partial charge in [0.05, 0.1) is 11.1 Å². The van der Waals surface area contributed by atoms with Gasteiger partial charge in [-0.15, -0.1) is 0 Å². The standard InChI is InChI=1S/C19H16Cl2FN3O2/c1-10(15-9-23-18(26)13-5-3-11(20)7-14(13)15)25(2)19(27)24-12-4-6-17(22)16(21)8-12/h3-10H,1-2H3,(H,23,26)(H,24,27). The predicted octanol–water partition coefficient (Wildman–Crippen LogP) is 5.20. The van der Waals surface area contributed by atoms with Gasteiger partial charge in [0.15, 0.2) is 0 Å². The molecule has 0 fully saturated rings. The lowest BCUT2D eigenvalue weighted by Gasteiger charge is -2.26. The molecule has 3 aromatic rings. The number of hydrogen-bond donors (Lipinski definition) is 2. The molecule has 0 aliphatic carbocycles. The number of amides is 2. The molecule has 1 atom stereocenters. The van der Waals surface area contributed by atoms with E-state index in [9.17, 15) is 14.0 Å². The zero-order chi connectivity index (χ0) is 19.7. The van der Waals surface area contributed by atoms with Gasteiger partial charge in [-0.3, -0.25) is 4.79 Å². The number of urea groups is 1. The molecule has 0 saturated heterocycles. The van der Waals surface area contributed by atoms with E-state index in [0.717, 1.165) is 5.56 Å². The maximum absolute atomic E-state index is 13.3. The van der Waals surface area contributed by atoms with Crippen molar-refractivity contribution in [3.05, 3.63) is 74.4 Å². The third-order valence-electron chi connectivity index (χ3n) is 4.42. The number of nitrogens with zero attached hydrogens (tertiary/aromatic N) is 1. The van der Waals surface area contributed by atoms with Gasteiger partial charge in [0.25, 0.3) is 5.56 Å². The molecule has 2 amide bonds. The number of carbonyl (C=O) groups excluding carboxylic acids is 1. The van der Waals surface area contributed by atoms with Crippen molar-refractivity contribution in [3.63, 3.8) is 0 Å². The van der Waals surface area contributed by atoms with E-state index >= 15 is 0 Å². The number of benzene rings is 2. The second kappa shape index (κ2) is 7.58. The Bertz CT molecular complexity index is 1080. The van der Waals surface area contributed by atoms with Gasteiger partial charge >= 0.3 is 6.03 Å². The number of aromatic amines is 1. The van der Waals surface area contributed by atoms with Crippen LogP contribution in [0.4, 0.5) is 14.9 Å². The Morgan fingerprint density at radius 3 is 2.63 bits per heavy atom. The highest BCUT2D eigenvalue weighted by molar-refractivity contribution is 6.31. The molecular weight excluding hydrogens is 392 g/mol. The lowest BCUT2D eigenvalue weighted by atomic mass is 10.0. The lowest BCUT2D eigenvalue weighted by molar-refractivity contribution is 0.208. The average molecular weight is 408 g/mol. The Balaban J connectivity index is 1.89. The smallest absolute Gasteiger partial charge is 0.322 e. The number of H-pyrrole nitrogens is 1. The summed E-state index contributed by atoms with van der Waals surface area (Å²) < 4.78 is 13.3. The van der Waals surface area contributed by atoms with Gasteiger partial charge in [-0.25, -0.2) is 9.18 Å². The lowest BCUT2D eigenvalue weighted by Crippen LogP contribution is -2.34. The number of anilines is 1. The summed E-state index contributed by atoms with van der Waals surface area (Å²) in [6.45, 7) is 1.82. The van der Waals surface area contributed by atoms with E-state index < -0.39 is 11.8 Å². The fourth-order valence-electron chi connectivity index (χ4n) is 2.77. The number of pyridine rings is 1. The molecule has 0 bridgehead atoms. The molecule has 0 spiro atoms.